The number of carbonyl (C=O) groups excluding carboxylic acids is 1. The van der Waals surface area contributed by atoms with Crippen LogP contribution in [0.15, 0.2) is 66.7 Å². The zero-order chi connectivity index (χ0) is 19.2. The molecular formula is C25H29NO2. The molecule has 28 heavy (non-hydrogen) atoms. The fourth-order valence-corrected chi connectivity index (χ4v) is 4.98. The van der Waals surface area contributed by atoms with Crippen LogP contribution in [0.2, 0.25) is 0 Å². The van der Waals surface area contributed by atoms with Gasteiger partial charge >= 0.3 is 6.09 Å². The molecule has 3 heteroatoms. The van der Waals surface area contributed by atoms with Crippen LogP contribution in [0, 0.1) is 5.92 Å². The van der Waals surface area contributed by atoms with Crippen molar-refractivity contribution < 1.29 is 9.53 Å². The van der Waals surface area contributed by atoms with Gasteiger partial charge in [0.05, 0.1) is 5.54 Å². The Labute approximate surface area is 168 Å². The molecule has 2 aliphatic rings. The highest BCUT2D eigenvalue weighted by molar-refractivity contribution is 5.69. The zero-order valence-electron chi connectivity index (χ0n) is 16.4. The molecule has 0 radical (unpaired) electrons. The molecule has 1 aliphatic carbocycles. The standard InChI is InChI=1S/C25H29NO2/c27-24(28-20-22-12-5-2-6-13-22)26-19-16-23-15-7-8-17-25(23,26)18-9-14-21-10-3-1-4-11-21/h1-6,9-14,23H,7-8,15-20H2/b14-9+/t23-,25+/m0/s1. The second kappa shape index (κ2) is 8.64. The van der Waals surface area contributed by atoms with Crippen LogP contribution in [0.3, 0.4) is 0 Å². The zero-order valence-corrected chi connectivity index (χ0v) is 16.4. The van der Waals surface area contributed by atoms with Gasteiger partial charge in [-0.05, 0) is 42.7 Å². The van der Waals surface area contributed by atoms with E-state index in [0.29, 0.717) is 12.5 Å². The van der Waals surface area contributed by atoms with E-state index in [1.165, 1.54) is 24.8 Å². The van der Waals surface area contributed by atoms with E-state index in [1.54, 1.807) is 0 Å². The highest BCUT2D eigenvalue weighted by Gasteiger charge is 2.51. The minimum atomic E-state index is -0.152. The third-order valence-electron chi connectivity index (χ3n) is 6.42. The third kappa shape index (κ3) is 3.99. The highest BCUT2D eigenvalue weighted by Crippen LogP contribution is 2.48. The van der Waals surface area contributed by atoms with E-state index in [9.17, 15) is 4.79 Å². The first-order valence-corrected chi connectivity index (χ1v) is 10.5. The lowest BCUT2D eigenvalue weighted by atomic mass is 9.71. The lowest BCUT2D eigenvalue weighted by Gasteiger charge is -2.44. The number of ether oxygens (including phenoxy) is 1. The molecule has 2 fully saturated rings. The third-order valence-corrected chi connectivity index (χ3v) is 6.42. The molecule has 0 bridgehead atoms. The average molecular weight is 376 g/mol. The van der Waals surface area contributed by atoms with E-state index in [-0.39, 0.29) is 11.6 Å². The number of hydrogen-bond acceptors (Lipinski definition) is 2. The molecule has 0 N–H and O–H groups in total. The van der Waals surface area contributed by atoms with Crippen LogP contribution in [0.5, 0.6) is 0 Å². The Morgan fingerprint density at radius 3 is 2.57 bits per heavy atom. The number of hydrogen-bond donors (Lipinski definition) is 0. The van der Waals surface area contributed by atoms with Gasteiger partial charge in [0, 0.05) is 6.54 Å². The average Bonchev–Trinajstić information content (AvgIpc) is 3.13. The SMILES string of the molecule is O=C(OCc1ccccc1)N1CC[C@@H]2CCCC[C@@]21C/C=C/c1ccccc1. The van der Waals surface area contributed by atoms with Crippen molar-refractivity contribution in [3.8, 4) is 0 Å². The molecule has 2 aromatic rings. The predicted octanol–water partition coefficient (Wildman–Crippen LogP) is 6.06. The number of rotatable bonds is 5. The molecule has 3 nitrogen and oxygen atoms in total. The van der Waals surface area contributed by atoms with Gasteiger partial charge < -0.3 is 9.64 Å². The summed E-state index contributed by atoms with van der Waals surface area (Å²) in [5, 5.41) is 0. The number of amides is 1. The Bertz CT molecular complexity index is 802. The van der Waals surface area contributed by atoms with E-state index in [4.69, 9.17) is 4.74 Å². The Morgan fingerprint density at radius 2 is 1.79 bits per heavy atom. The molecule has 4 rings (SSSR count). The minimum Gasteiger partial charge on any atom is -0.445 e. The van der Waals surface area contributed by atoms with Gasteiger partial charge in [-0.2, -0.15) is 0 Å². The van der Waals surface area contributed by atoms with Crippen molar-refractivity contribution in [3.05, 3.63) is 77.9 Å². The second-order valence-electron chi connectivity index (χ2n) is 8.04. The quantitative estimate of drug-likeness (QED) is 0.635. The molecule has 1 aliphatic heterocycles. The lowest BCUT2D eigenvalue weighted by molar-refractivity contribution is 0.0371. The summed E-state index contributed by atoms with van der Waals surface area (Å²) >= 11 is 0. The summed E-state index contributed by atoms with van der Waals surface area (Å²) in [7, 11) is 0. The molecule has 2 aromatic carbocycles. The van der Waals surface area contributed by atoms with Crippen molar-refractivity contribution in [2.75, 3.05) is 6.54 Å². The van der Waals surface area contributed by atoms with E-state index < -0.39 is 0 Å². The maximum absolute atomic E-state index is 13.0. The van der Waals surface area contributed by atoms with E-state index in [0.717, 1.165) is 31.4 Å². The smallest absolute Gasteiger partial charge is 0.410 e. The molecule has 1 heterocycles. The maximum Gasteiger partial charge on any atom is 0.410 e. The Balaban J connectivity index is 1.47. The van der Waals surface area contributed by atoms with Crippen LogP contribution in [0.4, 0.5) is 4.79 Å². The first-order chi connectivity index (χ1) is 13.8. The van der Waals surface area contributed by atoms with Gasteiger partial charge in [0.15, 0.2) is 0 Å². The molecule has 0 spiro atoms. The van der Waals surface area contributed by atoms with Gasteiger partial charge in [0.25, 0.3) is 0 Å². The summed E-state index contributed by atoms with van der Waals surface area (Å²) in [6, 6.07) is 20.3. The molecule has 0 aromatic heterocycles. The first-order valence-electron chi connectivity index (χ1n) is 10.5. The Hall–Kier alpha value is -2.55. The van der Waals surface area contributed by atoms with E-state index in [1.807, 2.05) is 36.4 Å². The summed E-state index contributed by atoms with van der Waals surface area (Å²) in [6.45, 7) is 1.16. The van der Waals surface area contributed by atoms with Crippen molar-refractivity contribution in [3.63, 3.8) is 0 Å². The van der Waals surface area contributed by atoms with Crippen LogP contribution in [0.25, 0.3) is 6.08 Å². The molecule has 0 unspecified atom stereocenters. The van der Waals surface area contributed by atoms with Gasteiger partial charge in [-0.15, -0.1) is 0 Å². The molecule has 2 atom stereocenters. The second-order valence-corrected chi connectivity index (χ2v) is 8.04. The van der Waals surface area contributed by atoms with Crippen molar-refractivity contribution >= 4 is 12.2 Å². The van der Waals surface area contributed by atoms with Crippen molar-refractivity contribution in [2.24, 2.45) is 5.92 Å². The maximum atomic E-state index is 13.0. The van der Waals surface area contributed by atoms with E-state index in [2.05, 4.69) is 41.3 Å². The van der Waals surface area contributed by atoms with Crippen LogP contribution in [0.1, 0.15) is 49.7 Å². The fourth-order valence-electron chi connectivity index (χ4n) is 4.98. The highest BCUT2D eigenvalue weighted by atomic mass is 16.6. The Kier molecular flexibility index (Phi) is 5.80. The molecule has 1 saturated carbocycles. The van der Waals surface area contributed by atoms with Crippen molar-refractivity contribution in [2.45, 2.75) is 50.7 Å². The number of benzene rings is 2. The van der Waals surface area contributed by atoms with Gasteiger partial charge in [-0.1, -0.05) is 85.7 Å². The van der Waals surface area contributed by atoms with Gasteiger partial charge in [-0.25, -0.2) is 4.79 Å². The largest absolute Gasteiger partial charge is 0.445 e. The summed E-state index contributed by atoms with van der Waals surface area (Å²) in [5.41, 5.74) is 2.17. The Morgan fingerprint density at radius 1 is 1.04 bits per heavy atom. The van der Waals surface area contributed by atoms with Gasteiger partial charge in [-0.3, -0.25) is 0 Å². The number of likely N-dealkylation sites (tertiary alicyclic amines) is 1. The van der Waals surface area contributed by atoms with Crippen LogP contribution < -0.4 is 0 Å². The van der Waals surface area contributed by atoms with E-state index >= 15 is 0 Å². The van der Waals surface area contributed by atoms with Gasteiger partial charge in [0.2, 0.25) is 0 Å². The summed E-state index contributed by atoms with van der Waals surface area (Å²) in [6.07, 6.45) is 11.1. The fraction of sp³-hybridized carbons (Fsp3) is 0.400. The topological polar surface area (TPSA) is 29.5 Å². The summed E-state index contributed by atoms with van der Waals surface area (Å²) < 4.78 is 5.71. The first kappa shape index (κ1) is 18.8. The molecule has 1 saturated heterocycles. The summed E-state index contributed by atoms with van der Waals surface area (Å²) in [5.74, 6) is 0.589. The lowest BCUT2D eigenvalue weighted by Crippen LogP contribution is -2.52. The monoisotopic (exact) mass is 375 g/mol. The van der Waals surface area contributed by atoms with Gasteiger partial charge in [0.1, 0.15) is 6.61 Å². The van der Waals surface area contributed by atoms with Crippen LogP contribution in [-0.4, -0.2) is 23.1 Å². The molecular weight excluding hydrogens is 346 g/mol. The van der Waals surface area contributed by atoms with Crippen molar-refractivity contribution in [1.82, 2.24) is 4.90 Å². The number of fused-ring (bicyclic) bond motifs is 1. The van der Waals surface area contributed by atoms with Crippen LogP contribution >= 0.6 is 0 Å². The molecule has 1 amide bonds. The minimum absolute atomic E-state index is 0.0721. The van der Waals surface area contributed by atoms with Crippen molar-refractivity contribution in [1.29, 1.82) is 0 Å². The summed E-state index contributed by atoms with van der Waals surface area (Å²) in [4.78, 5) is 15.0. The normalized spacial score (nSPS) is 24.3. The number of carbonyl (C=O) groups is 1. The molecule has 146 valence electrons. The number of nitrogens with zero attached hydrogens (tertiary/aromatic N) is 1. The van der Waals surface area contributed by atoms with Crippen LogP contribution in [-0.2, 0) is 11.3 Å². The predicted molar refractivity (Wildman–Crippen MR) is 113 cm³/mol.